The molecule has 0 amide bonds. The van der Waals surface area contributed by atoms with Gasteiger partial charge in [-0.2, -0.15) is 0 Å². The number of rotatable bonds is 5. The van der Waals surface area contributed by atoms with Gasteiger partial charge in [-0.3, -0.25) is 0 Å². The van der Waals surface area contributed by atoms with E-state index in [0.29, 0.717) is 0 Å². The molecule has 0 atom stereocenters. The van der Waals surface area contributed by atoms with Crippen LogP contribution in [0, 0.1) is 6.92 Å². The van der Waals surface area contributed by atoms with Crippen LogP contribution in [0.5, 0.6) is 0 Å². The lowest BCUT2D eigenvalue weighted by Crippen LogP contribution is -1.99. The smallest absolute Gasteiger partial charge is 0.160 e. The van der Waals surface area contributed by atoms with Crippen molar-refractivity contribution in [3.8, 4) is 45.0 Å². The number of nitrogens with zero attached hydrogens (tertiary/aromatic N) is 3. The molecule has 0 spiro atoms. The topological polar surface area (TPSA) is 30.7 Å². The SMILES string of the molecule is C1=CC(c2ccc(-c3nc(-c4ccccc4)nc4c3Cc3ccc(-c5ccccc5)cc3-4)cc2)=CCC1.CC.Cc1cccc2c3ccccc3n(C3=CCCC=C3)c12. The average Bonchev–Trinajstić information content (AvgIpc) is 3.87. The summed E-state index contributed by atoms with van der Waals surface area (Å²) in [5.41, 5.74) is 18.3. The second-order valence-corrected chi connectivity index (χ2v) is 15.2. The van der Waals surface area contributed by atoms with E-state index in [1.807, 2.05) is 32.0 Å². The number of para-hydroxylation sites is 2. The van der Waals surface area contributed by atoms with E-state index in [9.17, 15) is 0 Å². The number of aryl methyl sites for hydroxylation is 1. The minimum absolute atomic E-state index is 0.773. The highest BCUT2D eigenvalue weighted by Gasteiger charge is 2.26. The molecule has 0 bridgehead atoms. The van der Waals surface area contributed by atoms with Gasteiger partial charge in [0, 0.05) is 45.1 Å². The van der Waals surface area contributed by atoms with Gasteiger partial charge in [0.25, 0.3) is 0 Å². The molecule has 3 aliphatic carbocycles. The maximum Gasteiger partial charge on any atom is 0.160 e. The molecule has 3 heteroatoms. The Morgan fingerprint density at radius 1 is 0.508 bits per heavy atom. The first-order valence-electron chi connectivity index (χ1n) is 21.2. The summed E-state index contributed by atoms with van der Waals surface area (Å²) in [6, 6.07) is 51.8. The van der Waals surface area contributed by atoms with E-state index in [4.69, 9.17) is 9.97 Å². The minimum Gasteiger partial charge on any atom is -0.309 e. The van der Waals surface area contributed by atoms with Crippen LogP contribution < -0.4 is 0 Å². The van der Waals surface area contributed by atoms with Gasteiger partial charge in [-0.25, -0.2) is 9.97 Å². The van der Waals surface area contributed by atoms with E-state index >= 15 is 0 Å². The van der Waals surface area contributed by atoms with Gasteiger partial charge >= 0.3 is 0 Å². The Kier molecular flexibility index (Phi) is 10.8. The standard InChI is InChI=1S/C35H26N2.C19H17N.C2H6/c1-4-10-24(11-5-1)26-16-18-27(19-17-26)33-32-23-30-21-20-29(25-12-6-2-7-13-25)22-31(30)34(32)37-35(36-33)28-14-8-3-9-15-28;1-14-8-7-12-17-16-11-5-6-13-18(16)20(19(14)17)15-9-3-2-4-10-15;1-2/h2-4,6-22H,1,5,23H2;3,5-13H,2,4H2,1H3;1-2H3. The van der Waals surface area contributed by atoms with E-state index in [-0.39, 0.29) is 0 Å². The van der Waals surface area contributed by atoms with Crippen LogP contribution in [-0.4, -0.2) is 14.5 Å². The van der Waals surface area contributed by atoms with Crippen molar-refractivity contribution in [2.45, 2.75) is 52.9 Å². The maximum atomic E-state index is 5.15. The van der Waals surface area contributed by atoms with Crippen molar-refractivity contribution in [1.29, 1.82) is 0 Å². The molecule has 8 aromatic rings. The summed E-state index contributed by atoms with van der Waals surface area (Å²) in [5, 5.41) is 2.69. The zero-order chi connectivity index (χ0) is 40.1. The molecule has 0 N–H and O–H groups in total. The van der Waals surface area contributed by atoms with Crippen LogP contribution in [0.2, 0.25) is 0 Å². The monoisotopic (exact) mass is 763 g/mol. The van der Waals surface area contributed by atoms with Crippen LogP contribution in [0.1, 0.15) is 61.8 Å². The van der Waals surface area contributed by atoms with E-state index in [0.717, 1.165) is 60.4 Å². The molecule has 288 valence electrons. The second kappa shape index (κ2) is 16.9. The largest absolute Gasteiger partial charge is 0.309 e. The number of hydrogen-bond acceptors (Lipinski definition) is 2. The third-order valence-corrected chi connectivity index (χ3v) is 11.5. The lowest BCUT2D eigenvalue weighted by atomic mass is 9.97. The lowest BCUT2D eigenvalue weighted by molar-refractivity contribution is 1.02. The molecule has 0 radical (unpaired) electrons. The Morgan fingerprint density at radius 2 is 1.15 bits per heavy atom. The normalized spacial score (nSPS) is 13.7. The Hall–Kier alpha value is -6.84. The molecule has 3 nitrogen and oxygen atoms in total. The van der Waals surface area contributed by atoms with Crippen molar-refractivity contribution in [2.75, 3.05) is 0 Å². The van der Waals surface area contributed by atoms with Crippen LogP contribution in [-0.2, 0) is 6.42 Å². The quantitative estimate of drug-likeness (QED) is 0.175. The molecular formula is C56H49N3. The highest BCUT2D eigenvalue weighted by Crippen LogP contribution is 2.43. The molecule has 0 unspecified atom stereocenters. The highest BCUT2D eigenvalue weighted by molar-refractivity contribution is 6.11. The van der Waals surface area contributed by atoms with Gasteiger partial charge in [-0.15, -0.1) is 0 Å². The van der Waals surface area contributed by atoms with Gasteiger partial charge in [-0.05, 0) is 84.2 Å². The van der Waals surface area contributed by atoms with Gasteiger partial charge < -0.3 is 4.57 Å². The third kappa shape index (κ3) is 7.41. The molecule has 0 saturated carbocycles. The van der Waals surface area contributed by atoms with Crippen LogP contribution in [0.25, 0.3) is 78.1 Å². The summed E-state index contributed by atoms with van der Waals surface area (Å²) in [6.45, 7) is 6.20. The van der Waals surface area contributed by atoms with Crippen LogP contribution in [0.4, 0.5) is 0 Å². The molecule has 3 aliphatic rings. The van der Waals surface area contributed by atoms with E-state index in [1.54, 1.807) is 0 Å². The van der Waals surface area contributed by atoms with Gasteiger partial charge in [0.2, 0.25) is 0 Å². The maximum absolute atomic E-state index is 5.15. The first-order chi connectivity index (χ1) is 29.2. The van der Waals surface area contributed by atoms with E-state index in [1.165, 1.54) is 72.0 Å². The first kappa shape index (κ1) is 37.7. The Bertz CT molecular complexity index is 2910. The molecular weight excluding hydrogens is 715 g/mol. The molecule has 11 rings (SSSR count). The molecule has 2 heterocycles. The first-order valence-corrected chi connectivity index (χ1v) is 21.2. The number of aromatic nitrogens is 3. The van der Waals surface area contributed by atoms with Crippen LogP contribution in [0.15, 0.2) is 182 Å². The summed E-state index contributed by atoms with van der Waals surface area (Å²) in [6.07, 6.45) is 19.1. The Morgan fingerprint density at radius 3 is 1.88 bits per heavy atom. The summed E-state index contributed by atoms with van der Waals surface area (Å²) < 4.78 is 2.41. The fraction of sp³-hybridized carbons (Fsp3) is 0.143. The summed E-state index contributed by atoms with van der Waals surface area (Å²) >= 11 is 0. The van der Waals surface area contributed by atoms with E-state index < -0.39 is 0 Å². The van der Waals surface area contributed by atoms with Crippen molar-refractivity contribution < 1.29 is 0 Å². The number of hydrogen-bond donors (Lipinski definition) is 0. The van der Waals surface area contributed by atoms with Crippen molar-refractivity contribution in [3.63, 3.8) is 0 Å². The molecule has 59 heavy (non-hydrogen) atoms. The molecule has 6 aromatic carbocycles. The van der Waals surface area contributed by atoms with Crippen LogP contribution in [0.3, 0.4) is 0 Å². The summed E-state index contributed by atoms with van der Waals surface area (Å²) in [4.78, 5) is 10.3. The van der Waals surface area contributed by atoms with Crippen molar-refractivity contribution in [2.24, 2.45) is 0 Å². The molecule has 2 aromatic heterocycles. The van der Waals surface area contributed by atoms with Crippen LogP contribution >= 0.6 is 0 Å². The van der Waals surface area contributed by atoms with Gasteiger partial charge in [0.15, 0.2) is 5.82 Å². The Labute approximate surface area is 348 Å². The summed E-state index contributed by atoms with van der Waals surface area (Å²) in [5.74, 6) is 0.773. The molecule has 0 saturated heterocycles. The number of benzene rings is 6. The lowest BCUT2D eigenvalue weighted by Gasteiger charge is -2.13. The highest BCUT2D eigenvalue weighted by atomic mass is 15.0. The molecule has 0 aliphatic heterocycles. The number of allylic oxidation sites excluding steroid dienone is 8. The zero-order valence-electron chi connectivity index (χ0n) is 34.2. The van der Waals surface area contributed by atoms with Crippen molar-refractivity contribution in [1.82, 2.24) is 14.5 Å². The predicted molar refractivity (Wildman–Crippen MR) is 251 cm³/mol. The predicted octanol–water partition coefficient (Wildman–Crippen LogP) is 15.1. The van der Waals surface area contributed by atoms with Gasteiger partial charge in [0.1, 0.15) is 0 Å². The van der Waals surface area contributed by atoms with Gasteiger partial charge in [-0.1, -0.05) is 178 Å². The van der Waals surface area contributed by atoms with E-state index in [2.05, 4.69) is 175 Å². The minimum atomic E-state index is 0.773. The van der Waals surface area contributed by atoms with Crippen molar-refractivity contribution in [3.05, 3.63) is 204 Å². The van der Waals surface area contributed by atoms with Crippen molar-refractivity contribution >= 4 is 33.1 Å². The third-order valence-electron chi connectivity index (χ3n) is 11.5. The fourth-order valence-corrected chi connectivity index (χ4v) is 8.65. The fourth-order valence-electron chi connectivity index (χ4n) is 8.65. The second-order valence-electron chi connectivity index (χ2n) is 15.2. The van der Waals surface area contributed by atoms with Gasteiger partial charge in [0.05, 0.1) is 22.4 Å². The number of fused-ring (bicyclic) bond motifs is 6. The zero-order valence-corrected chi connectivity index (χ0v) is 34.2. The average molecular weight is 764 g/mol. The Balaban J connectivity index is 0.000000172. The summed E-state index contributed by atoms with van der Waals surface area (Å²) in [7, 11) is 0. The molecule has 0 fully saturated rings.